The minimum Gasteiger partial charge on any atom is -0.487 e. The van der Waals surface area contributed by atoms with Gasteiger partial charge in [0.25, 0.3) is 0 Å². The molecule has 16 heavy (non-hydrogen) atoms. The second-order valence-electron chi connectivity index (χ2n) is 3.04. The highest BCUT2D eigenvalue weighted by molar-refractivity contribution is 9.10. The molecular weight excluding hydrogens is 315 g/mol. The van der Waals surface area contributed by atoms with Gasteiger partial charge < -0.3 is 4.74 Å². The number of carbonyl (C=O) groups is 1. The van der Waals surface area contributed by atoms with Gasteiger partial charge in [-0.25, -0.2) is 0 Å². The van der Waals surface area contributed by atoms with Crippen LogP contribution in [0, 0.1) is 0 Å². The summed E-state index contributed by atoms with van der Waals surface area (Å²) in [6, 6.07) is 5.19. The second kappa shape index (κ2) is 6.28. The molecule has 0 saturated carbocycles. The van der Waals surface area contributed by atoms with Gasteiger partial charge in [-0.1, -0.05) is 39.1 Å². The molecule has 0 aromatic heterocycles. The lowest BCUT2D eigenvalue weighted by molar-refractivity contribution is 0.101. The van der Waals surface area contributed by atoms with E-state index in [2.05, 4.69) is 15.9 Å². The molecule has 0 aliphatic rings. The van der Waals surface area contributed by atoms with E-state index >= 15 is 0 Å². The second-order valence-corrected chi connectivity index (χ2v) is 4.66. The standard InChI is InChI=1S/C11H9BrCl2O2/c1-7(15)10-3-2-8(12)4-11(10)16-6-9(14)5-13/h2-5H,6H2,1H3/b9-5-. The first-order valence-electron chi connectivity index (χ1n) is 4.42. The van der Waals surface area contributed by atoms with Crippen LogP contribution in [-0.2, 0) is 0 Å². The molecule has 0 saturated heterocycles. The number of carbonyl (C=O) groups excluding carboxylic acids is 1. The van der Waals surface area contributed by atoms with E-state index in [4.69, 9.17) is 27.9 Å². The zero-order chi connectivity index (χ0) is 12.1. The van der Waals surface area contributed by atoms with Crippen LogP contribution in [0.25, 0.3) is 0 Å². The maximum atomic E-state index is 11.3. The summed E-state index contributed by atoms with van der Waals surface area (Å²) in [7, 11) is 0. The van der Waals surface area contributed by atoms with Crippen molar-refractivity contribution in [3.8, 4) is 5.75 Å². The number of rotatable bonds is 4. The minimum atomic E-state index is -0.0616. The fraction of sp³-hybridized carbons (Fsp3) is 0.182. The molecule has 5 heteroatoms. The maximum absolute atomic E-state index is 11.3. The van der Waals surface area contributed by atoms with Gasteiger partial charge in [0.15, 0.2) is 5.78 Å². The van der Waals surface area contributed by atoms with Crippen molar-refractivity contribution in [3.05, 3.63) is 38.8 Å². The Kier molecular flexibility index (Phi) is 5.32. The van der Waals surface area contributed by atoms with Gasteiger partial charge in [-0.05, 0) is 25.1 Å². The Morgan fingerprint density at radius 1 is 1.56 bits per heavy atom. The number of ether oxygens (including phenoxy) is 1. The molecule has 0 unspecified atom stereocenters. The van der Waals surface area contributed by atoms with E-state index < -0.39 is 0 Å². The van der Waals surface area contributed by atoms with Gasteiger partial charge >= 0.3 is 0 Å². The van der Waals surface area contributed by atoms with E-state index in [0.717, 1.165) is 4.47 Å². The van der Waals surface area contributed by atoms with E-state index in [-0.39, 0.29) is 12.4 Å². The summed E-state index contributed by atoms with van der Waals surface area (Å²) in [5.74, 6) is 0.423. The van der Waals surface area contributed by atoms with Crippen molar-refractivity contribution in [1.29, 1.82) is 0 Å². The summed E-state index contributed by atoms with van der Waals surface area (Å²) in [6.45, 7) is 1.62. The highest BCUT2D eigenvalue weighted by atomic mass is 79.9. The highest BCUT2D eigenvalue weighted by Gasteiger charge is 2.09. The number of benzene rings is 1. The Hall–Kier alpha value is -0.510. The number of halogens is 3. The van der Waals surface area contributed by atoms with Crippen LogP contribution in [0.2, 0.25) is 0 Å². The first-order chi connectivity index (χ1) is 7.54. The van der Waals surface area contributed by atoms with E-state index in [9.17, 15) is 4.79 Å². The molecule has 0 spiro atoms. The Labute approximate surface area is 112 Å². The molecule has 86 valence electrons. The van der Waals surface area contributed by atoms with Gasteiger partial charge in [-0.15, -0.1) is 0 Å². The quantitative estimate of drug-likeness (QED) is 0.770. The third-order valence-electron chi connectivity index (χ3n) is 1.81. The van der Waals surface area contributed by atoms with Crippen molar-refractivity contribution in [2.75, 3.05) is 6.61 Å². The van der Waals surface area contributed by atoms with Crippen LogP contribution in [-0.4, -0.2) is 12.4 Å². The van der Waals surface area contributed by atoms with Crippen LogP contribution in [0.15, 0.2) is 33.2 Å². The molecule has 1 aromatic rings. The van der Waals surface area contributed by atoms with Crippen LogP contribution >= 0.6 is 39.1 Å². The van der Waals surface area contributed by atoms with Crippen molar-refractivity contribution < 1.29 is 9.53 Å². The van der Waals surface area contributed by atoms with E-state index in [0.29, 0.717) is 16.3 Å². The fourth-order valence-electron chi connectivity index (χ4n) is 1.08. The highest BCUT2D eigenvalue weighted by Crippen LogP contribution is 2.25. The van der Waals surface area contributed by atoms with E-state index in [1.807, 2.05) is 0 Å². The molecule has 0 heterocycles. The van der Waals surface area contributed by atoms with E-state index in [1.165, 1.54) is 12.5 Å². The van der Waals surface area contributed by atoms with Crippen molar-refractivity contribution >= 4 is 44.9 Å². The van der Waals surface area contributed by atoms with Gasteiger partial charge in [0.05, 0.1) is 10.6 Å². The van der Waals surface area contributed by atoms with Gasteiger partial charge in [0, 0.05) is 10.0 Å². The van der Waals surface area contributed by atoms with Crippen LogP contribution in [0.1, 0.15) is 17.3 Å². The normalized spacial score (nSPS) is 11.4. The third-order valence-corrected chi connectivity index (χ3v) is 2.89. The molecule has 0 aliphatic carbocycles. The predicted molar refractivity (Wildman–Crippen MR) is 69.4 cm³/mol. The van der Waals surface area contributed by atoms with Crippen molar-refractivity contribution in [2.24, 2.45) is 0 Å². The smallest absolute Gasteiger partial charge is 0.163 e. The fourth-order valence-corrected chi connectivity index (χ4v) is 1.54. The Bertz CT molecular complexity index is 430. The molecule has 0 amide bonds. The Morgan fingerprint density at radius 2 is 2.25 bits per heavy atom. The maximum Gasteiger partial charge on any atom is 0.163 e. The zero-order valence-electron chi connectivity index (χ0n) is 8.47. The summed E-state index contributed by atoms with van der Waals surface area (Å²) in [5, 5.41) is 0.371. The minimum absolute atomic E-state index is 0.0616. The topological polar surface area (TPSA) is 26.3 Å². The molecule has 0 fully saturated rings. The molecule has 1 rings (SSSR count). The lowest BCUT2D eigenvalue weighted by atomic mass is 10.1. The first kappa shape index (κ1) is 13.6. The molecular formula is C11H9BrCl2O2. The SMILES string of the molecule is CC(=O)c1ccc(Br)cc1OC/C(Cl)=C/Cl. The summed E-state index contributed by atoms with van der Waals surface area (Å²) in [5.41, 5.74) is 1.75. The van der Waals surface area contributed by atoms with E-state index in [1.54, 1.807) is 18.2 Å². The largest absolute Gasteiger partial charge is 0.487 e. The Morgan fingerprint density at radius 3 is 2.81 bits per heavy atom. The van der Waals surface area contributed by atoms with Gasteiger partial charge in [0.2, 0.25) is 0 Å². The summed E-state index contributed by atoms with van der Waals surface area (Å²) in [4.78, 5) is 11.3. The average Bonchev–Trinajstić information content (AvgIpc) is 2.25. The lowest BCUT2D eigenvalue weighted by Gasteiger charge is -2.09. The molecule has 0 N–H and O–H groups in total. The first-order valence-corrected chi connectivity index (χ1v) is 6.03. The van der Waals surface area contributed by atoms with Gasteiger partial charge in [-0.3, -0.25) is 4.79 Å². The monoisotopic (exact) mass is 322 g/mol. The molecule has 0 atom stereocenters. The zero-order valence-corrected chi connectivity index (χ0v) is 11.6. The molecule has 0 aliphatic heterocycles. The number of hydrogen-bond donors (Lipinski definition) is 0. The number of hydrogen-bond acceptors (Lipinski definition) is 2. The van der Waals surface area contributed by atoms with Gasteiger partial charge in [0.1, 0.15) is 12.4 Å². The van der Waals surface area contributed by atoms with Crippen LogP contribution in [0.5, 0.6) is 5.75 Å². The molecule has 0 radical (unpaired) electrons. The summed E-state index contributed by atoms with van der Waals surface area (Å²) < 4.78 is 6.23. The number of ketones is 1. The van der Waals surface area contributed by atoms with Crippen LogP contribution in [0.3, 0.4) is 0 Å². The summed E-state index contributed by atoms with van der Waals surface area (Å²) in [6.07, 6.45) is 0. The molecule has 2 nitrogen and oxygen atoms in total. The van der Waals surface area contributed by atoms with Crippen molar-refractivity contribution in [2.45, 2.75) is 6.92 Å². The third kappa shape index (κ3) is 3.81. The number of Topliss-reactive ketones (excluding diaryl/α,β-unsaturated/α-hetero) is 1. The lowest BCUT2D eigenvalue weighted by Crippen LogP contribution is -2.02. The average molecular weight is 324 g/mol. The van der Waals surface area contributed by atoms with Crippen molar-refractivity contribution in [3.63, 3.8) is 0 Å². The Balaban J connectivity index is 2.92. The predicted octanol–water partition coefficient (Wildman–Crippen LogP) is 4.35. The molecule has 0 bridgehead atoms. The van der Waals surface area contributed by atoms with Crippen LogP contribution < -0.4 is 4.74 Å². The van der Waals surface area contributed by atoms with Crippen LogP contribution in [0.4, 0.5) is 0 Å². The van der Waals surface area contributed by atoms with Crippen molar-refractivity contribution in [1.82, 2.24) is 0 Å². The molecule has 1 aromatic carbocycles. The van der Waals surface area contributed by atoms with Gasteiger partial charge in [-0.2, -0.15) is 0 Å². The summed E-state index contributed by atoms with van der Waals surface area (Å²) >= 11 is 14.4.